The van der Waals surface area contributed by atoms with E-state index in [-0.39, 0.29) is 5.69 Å². The van der Waals surface area contributed by atoms with Crippen LogP contribution in [-0.4, -0.2) is 25.7 Å². The van der Waals surface area contributed by atoms with E-state index in [2.05, 4.69) is 15.4 Å². The van der Waals surface area contributed by atoms with E-state index in [1.165, 1.54) is 10.7 Å². The SMILES string of the molecule is O=C(O)c1cnc2ccc(NCc3ccco3)nn12. The average Bonchev–Trinajstić information content (AvgIpc) is 3.05. The number of nitrogens with one attached hydrogen (secondary N) is 1. The molecule has 0 aliphatic carbocycles. The van der Waals surface area contributed by atoms with Gasteiger partial charge in [-0.2, -0.15) is 0 Å². The van der Waals surface area contributed by atoms with Crippen LogP contribution < -0.4 is 5.32 Å². The normalized spacial score (nSPS) is 10.7. The van der Waals surface area contributed by atoms with Crippen molar-refractivity contribution in [1.82, 2.24) is 14.6 Å². The van der Waals surface area contributed by atoms with Gasteiger partial charge in [0, 0.05) is 0 Å². The number of imidazole rings is 1. The highest BCUT2D eigenvalue weighted by molar-refractivity contribution is 5.86. The predicted molar refractivity (Wildman–Crippen MR) is 66.0 cm³/mol. The third-order valence-corrected chi connectivity index (χ3v) is 2.61. The molecule has 0 fully saturated rings. The molecule has 0 bridgehead atoms. The van der Waals surface area contributed by atoms with Crippen molar-refractivity contribution in [3.63, 3.8) is 0 Å². The molecule has 19 heavy (non-hydrogen) atoms. The number of aromatic carboxylic acids is 1. The standard InChI is InChI=1S/C12H10N4O3/c17-12(18)9-7-14-11-4-3-10(15-16(9)11)13-6-8-2-1-5-19-8/h1-5,7H,6H2,(H,13,15)(H,17,18). The third kappa shape index (κ3) is 2.13. The minimum absolute atomic E-state index is 0.0247. The summed E-state index contributed by atoms with van der Waals surface area (Å²) in [6.45, 7) is 0.475. The van der Waals surface area contributed by atoms with Crippen LogP contribution in [0, 0.1) is 0 Å². The van der Waals surface area contributed by atoms with Crippen molar-refractivity contribution in [2.75, 3.05) is 5.32 Å². The fourth-order valence-electron chi connectivity index (χ4n) is 1.70. The Balaban J connectivity index is 1.88. The highest BCUT2D eigenvalue weighted by Gasteiger charge is 2.11. The molecule has 3 heterocycles. The molecule has 7 heteroatoms. The molecule has 0 aliphatic rings. The summed E-state index contributed by atoms with van der Waals surface area (Å²) in [6.07, 6.45) is 2.87. The lowest BCUT2D eigenvalue weighted by Crippen LogP contribution is -2.07. The fraction of sp³-hybridized carbons (Fsp3) is 0.0833. The Morgan fingerprint density at radius 1 is 1.42 bits per heavy atom. The smallest absolute Gasteiger partial charge is 0.356 e. The summed E-state index contributed by atoms with van der Waals surface area (Å²) in [5, 5.41) is 16.2. The molecule has 0 spiro atoms. The van der Waals surface area contributed by atoms with Gasteiger partial charge in [-0.3, -0.25) is 0 Å². The summed E-state index contributed by atoms with van der Waals surface area (Å²) >= 11 is 0. The van der Waals surface area contributed by atoms with Crippen LogP contribution in [-0.2, 0) is 6.54 Å². The number of carbonyl (C=O) groups is 1. The first-order chi connectivity index (χ1) is 9.24. The molecule has 0 atom stereocenters. The predicted octanol–water partition coefficient (Wildman–Crippen LogP) is 1.63. The highest BCUT2D eigenvalue weighted by atomic mass is 16.4. The molecule has 2 N–H and O–H groups in total. The number of aromatic nitrogens is 3. The van der Waals surface area contributed by atoms with Crippen LogP contribution in [0.2, 0.25) is 0 Å². The molecule has 0 aromatic carbocycles. The van der Waals surface area contributed by atoms with Gasteiger partial charge in [-0.05, 0) is 24.3 Å². The van der Waals surface area contributed by atoms with Gasteiger partial charge < -0.3 is 14.8 Å². The Hall–Kier alpha value is -2.83. The number of nitrogens with zero attached hydrogens (tertiary/aromatic N) is 3. The molecule has 3 aromatic heterocycles. The Bertz CT molecular complexity index is 718. The van der Waals surface area contributed by atoms with E-state index in [9.17, 15) is 4.79 Å². The van der Waals surface area contributed by atoms with Gasteiger partial charge in [0.15, 0.2) is 11.3 Å². The van der Waals surface area contributed by atoms with Crippen molar-refractivity contribution in [2.45, 2.75) is 6.54 Å². The van der Waals surface area contributed by atoms with Gasteiger partial charge in [-0.15, -0.1) is 5.10 Å². The van der Waals surface area contributed by atoms with Crippen LogP contribution in [0.4, 0.5) is 5.82 Å². The number of carboxylic acid groups (broad SMARTS) is 1. The van der Waals surface area contributed by atoms with Gasteiger partial charge in [-0.25, -0.2) is 14.3 Å². The van der Waals surface area contributed by atoms with E-state index in [1.807, 2.05) is 6.07 Å². The topological polar surface area (TPSA) is 92.7 Å². The summed E-state index contributed by atoms with van der Waals surface area (Å²) in [4.78, 5) is 15.0. The van der Waals surface area contributed by atoms with E-state index >= 15 is 0 Å². The zero-order chi connectivity index (χ0) is 13.2. The van der Waals surface area contributed by atoms with Gasteiger partial charge in [0.25, 0.3) is 0 Å². The monoisotopic (exact) mass is 258 g/mol. The Morgan fingerprint density at radius 2 is 2.32 bits per heavy atom. The molecule has 0 saturated carbocycles. The molecule has 0 unspecified atom stereocenters. The second-order valence-corrected chi connectivity index (χ2v) is 3.87. The van der Waals surface area contributed by atoms with Crippen molar-refractivity contribution >= 4 is 17.4 Å². The average molecular weight is 258 g/mol. The van der Waals surface area contributed by atoms with Crippen molar-refractivity contribution in [2.24, 2.45) is 0 Å². The maximum absolute atomic E-state index is 11.0. The van der Waals surface area contributed by atoms with Gasteiger partial charge in [0.1, 0.15) is 11.6 Å². The molecule has 0 radical (unpaired) electrons. The molecule has 96 valence electrons. The molecule has 3 rings (SSSR count). The lowest BCUT2D eigenvalue weighted by atomic mass is 10.4. The number of anilines is 1. The number of hydrogen-bond acceptors (Lipinski definition) is 5. The van der Waals surface area contributed by atoms with E-state index in [1.54, 1.807) is 24.5 Å². The van der Waals surface area contributed by atoms with Gasteiger partial charge in [0.05, 0.1) is 19.0 Å². The van der Waals surface area contributed by atoms with Crippen molar-refractivity contribution in [3.05, 3.63) is 48.2 Å². The molecule has 0 amide bonds. The Kier molecular flexibility index (Phi) is 2.64. The summed E-state index contributed by atoms with van der Waals surface area (Å²) in [7, 11) is 0. The second-order valence-electron chi connectivity index (χ2n) is 3.87. The minimum Gasteiger partial charge on any atom is -0.476 e. The first-order valence-corrected chi connectivity index (χ1v) is 5.58. The number of carboxylic acids is 1. The van der Waals surface area contributed by atoms with E-state index < -0.39 is 5.97 Å². The maximum atomic E-state index is 11.0. The second kappa shape index (κ2) is 4.45. The molecule has 0 saturated heterocycles. The zero-order valence-corrected chi connectivity index (χ0v) is 9.78. The first-order valence-electron chi connectivity index (χ1n) is 5.58. The largest absolute Gasteiger partial charge is 0.476 e. The molecule has 7 nitrogen and oxygen atoms in total. The van der Waals surface area contributed by atoms with Crippen molar-refractivity contribution in [3.8, 4) is 0 Å². The minimum atomic E-state index is -1.07. The van der Waals surface area contributed by atoms with E-state index in [4.69, 9.17) is 9.52 Å². The Labute approximate surface area is 107 Å². The van der Waals surface area contributed by atoms with Crippen LogP contribution >= 0.6 is 0 Å². The van der Waals surface area contributed by atoms with Crippen LogP contribution in [0.25, 0.3) is 5.65 Å². The summed E-state index contributed by atoms with van der Waals surface area (Å²) in [5.74, 6) is 0.249. The van der Waals surface area contributed by atoms with E-state index in [0.717, 1.165) is 5.76 Å². The fourth-order valence-corrected chi connectivity index (χ4v) is 1.70. The quantitative estimate of drug-likeness (QED) is 0.738. The van der Waals surface area contributed by atoms with Crippen LogP contribution in [0.3, 0.4) is 0 Å². The lowest BCUT2D eigenvalue weighted by molar-refractivity contribution is 0.0688. The number of furan rings is 1. The number of fused-ring (bicyclic) bond motifs is 1. The third-order valence-electron chi connectivity index (χ3n) is 2.61. The maximum Gasteiger partial charge on any atom is 0.356 e. The summed E-state index contributed by atoms with van der Waals surface area (Å²) in [5.41, 5.74) is 0.512. The van der Waals surface area contributed by atoms with Crippen LogP contribution in [0.5, 0.6) is 0 Å². The van der Waals surface area contributed by atoms with Crippen LogP contribution in [0.1, 0.15) is 16.2 Å². The zero-order valence-electron chi connectivity index (χ0n) is 9.78. The van der Waals surface area contributed by atoms with Crippen molar-refractivity contribution < 1.29 is 14.3 Å². The summed E-state index contributed by atoms with van der Waals surface area (Å²) < 4.78 is 6.47. The van der Waals surface area contributed by atoms with E-state index in [0.29, 0.717) is 18.0 Å². The number of hydrogen-bond donors (Lipinski definition) is 2. The molecular weight excluding hydrogens is 248 g/mol. The van der Waals surface area contributed by atoms with Gasteiger partial charge >= 0.3 is 5.97 Å². The summed E-state index contributed by atoms with van der Waals surface area (Å²) in [6, 6.07) is 7.07. The van der Waals surface area contributed by atoms with Gasteiger partial charge in [-0.1, -0.05) is 0 Å². The number of rotatable bonds is 4. The Morgan fingerprint density at radius 3 is 3.05 bits per heavy atom. The lowest BCUT2D eigenvalue weighted by Gasteiger charge is -2.04. The molecule has 3 aromatic rings. The highest BCUT2D eigenvalue weighted by Crippen LogP contribution is 2.10. The van der Waals surface area contributed by atoms with Gasteiger partial charge in [0.2, 0.25) is 0 Å². The first kappa shape index (κ1) is 11.3. The van der Waals surface area contributed by atoms with Crippen molar-refractivity contribution in [1.29, 1.82) is 0 Å². The molecular formula is C12H10N4O3. The van der Waals surface area contributed by atoms with Crippen LogP contribution in [0.15, 0.2) is 41.1 Å². The molecule has 0 aliphatic heterocycles.